The molecule has 0 saturated carbocycles. The van der Waals surface area contributed by atoms with Gasteiger partial charge in [-0.2, -0.15) is 0 Å². The van der Waals surface area contributed by atoms with Crippen molar-refractivity contribution in [2.75, 3.05) is 18.9 Å². The van der Waals surface area contributed by atoms with E-state index in [1.165, 1.54) is 16.2 Å². The second-order valence-electron chi connectivity index (χ2n) is 7.38. The van der Waals surface area contributed by atoms with Gasteiger partial charge in [-0.1, -0.05) is 19.1 Å². The molecule has 4 rings (SSSR count). The van der Waals surface area contributed by atoms with Crippen molar-refractivity contribution in [1.82, 2.24) is 19.9 Å². The second kappa shape index (κ2) is 9.53. The molecule has 0 aliphatic heterocycles. The largest absolute Gasteiger partial charge is 0.362 e. The van der Waals surface area contributed by atoms with Gasteiger partial charge >= 0.3 is 0 Å². The van der Waals surface area contributed by atoms with E-state index >= 15 is 0 Å². The Morgan fingerprint density at radius 2 is 2.06 bits per heavy atom. The Morgan fingerprint density at radius 1 is 1.19 bits per heavy atom. The number of carbonyl (C=O) groups excluding carboxylic acids is 1. The molecule has 0 saturated heterocycles. The molecule has 0 aliphatic rings. The smallest absolute Gasteiger partial charge is 0.264 e. The summed E-state index contributed by atoms with van der Waals surface area (Å²) >= 11 is 3.17. The molecule has 0 fully saturated rings. The minimum absolute atomic E-state index is 0.00711. The van der Waals surface area contributed by atoms with Gasteiger partial charge in [0, 0.05) is 36.8 Å². The molecule has 0 radical (unpaired) electrons. The minimum Gasteiger partial charge on any atom is -0.362 e. The van der Waals surface area contributed by atoms with Crippen LogP contribution in [0, 0.1) is 6.92 Å². The molecule has 0 bridgehead atoms. The molecule has 31 heavy (non-hydrogen) atoms. The Morgan fingerprint density at radius 3 is 2.77 bits per heavy atom. The quantitative estimate of drug-likeness (QED) is 0.392. The summed E-state index contributed by atoms with van der Waals surface area (Å²) in [6, 6.07) is 10.2. The number of nitrogens with zero attached hydrogens (tertiary/aromatic N) is 4. The van der Waals surface area contributed by atoms with Crippen LogP contribution in [-0.2, 0) is 6.42 Å². The van der Waals surface area contributed by atoms with Crippen LogP contribution in [0.15, 0.2) is 48.2 Å². The zero-order valence-corrected chi connectivity index (χ0v) is 19.5. The lowest BCUT2D eigenvalue weighted by Gasteiger charge is -2.17. The first-order valence-corrected chi connectivity index (χ1v) is 12.0. The third-order valence-corrected chi connectivity index (χ3v) is 7.48. The molecular formula is C23H25N5OS2. The summed E-state index contributed by atoms with van der Waals surface area (Å²) < 4.78 is 0. The zero-order chi connectivity index (χ0) is 21.8. The monoisotopic (exact) mass is 451 g/mol. The molecule has 0 aliphatic carbocycles. The number of hydrogen-bond acceptors (Lipinski definition) is 7. The summed E-state index contributed by atoms with van der Waals surface area (Å²) in [5.74, 6) is 0.793. The van der Waals surface area contributed by atoms with E-state index in [-0.39, 0.29) is 11.9 Å². The first-order valence-electron chi connectivity index (χ1n) is 10.3. The third-order valence-electron chi connectivity index (χ3n) is 5.30. The van der Waals surface area contributed by atoms with Crippen molar-refractivity contribution in [1.29, 1.82) is 0 Å². The van der Waals surface area contributed by atoms with Crippen LogP contribution in [0.4, 0.5) is 5.82 Å². The Balaban J connectivity index is 1.57. The van der Waals surface area contributed by atoms with Crippen molar-refractivity contribution < 1.29 is 4.79 Å². The van der Waals surface area contributed by atoms with Gasteiger partial charge < -0.3 is 10.2 Å². The fourth-order valence-electron chi connectivity index (χ4n) is 3.52. The number of aryl methyl sites for hydroxylation is 1. The standard InChI is InChI=1S/C23H25N5OS2/c1-4-17(18-9-7-13-30-18)27-21-19-15(2)20(31-22(19)26-14-25-21)23(29)28(3)12-10-16-8-5-6-11-24-16/h5-9,11,13-14,17H,4,10,12H2,1-3H3,(H,25,26,27)/t17-/m0/s1. The predicted octanol–water partition coefficient (Wildman–Crippen LogP) is 5.33. The van der Waals surface area contributed by atoms with Gasteiger partial charge in [0.1, 0.15) is 17.0 Å². The molecule has 4 heterocycles. The minimum atomic E-state index is 0.00711. The van der Waals surface area contributed by atoms with E-state index in [0.29, 0.717) is 11.4 Å². The van der Waals surface area contributed by atoms with E-state index in [1.807, 2.05) is 32.2 Å². The van der Waals surface area contributed by atoms with Crippen LogP contribution in [0.3, 0.4) is 0 Å². The van der Waals surface area contributed by atoms with Crippen LogP contribution in [-0.4, -0.2) is 39.4 Å². The van der Waals surface area contributed by atoms with Gasteiger partial charge in [0.05, 0.1) is 16.3 Å². The van der Waals surface area contributed by atoms with Crippen LogP contribution < -0.4 is 5.32 Å². The summed E-state index contributed by atoms with van der Waals surface area (Å²) in [5, 5.41) is 6.60. The van der Waals surface area contributed by atoms with Crippen molar-refractivity contribution in [3.8, 4) is 0 Å². The fraction of sp³-hybridized carbons (Fsp3) is 0.304. The highest BCUT2D eigenvalue weighted by molar-refractivity contribution is 7.20. The molecule has 8 heteroatoms. The van der Waals surface area contributed by atoms with Crippen LogP contribution >= 0.6 is 22.7 Å². The number of hydrogen-bond donors (Lipinski definition) is 1. The number of anilines is 1. The summed E-state index contributed by atoms with van der Waals surface area (Å²) in [4.78, 5) is 31.1. The number of amides is 1. The number of rotatable bonds is 8. The topological polar surface area (TPSA) is 71.0 Å². The Kier molecular flexibility index (Phi) is 6.58. The molecule has 6 nitrogen and oxygen atoms in total. The van der Waals surface area contributed by atoms with Crippen LogP contribution in [0.1, 0.15) is 45.2 Å². The Bertz CT molecular complexity index is 1160. The summed E-state index contributed by atoms with van der Waals surface area (Å²) in [7, 11) is 1.84. The van der Waals surface area contributed by atoms with Crippen molar-refractivity contribution in [2.45, 2.75) is 32.7 Å². The number of carbonyl (C=O) groups is 1. The number of fused-ring (bicyclic) bond motifs is 1. The zero-order valence-electron chi connectivity index (χ0n) is 17.8. The van der Waals surface area contributed by atoms with Gasteiger partial charge in [-0.25, -0.2) is 9.97 Å². The number of nitrogens with one attached hydrogen (secondary N) is 1. The SMILES string of the molecule is CC[C@H](Nc1ncnc2sc(C(=O)N(C)CCc3ccccn3)c(C)c12)c1cccs1. The molecule has 160 valence electrons. The van der Waals surface area contributed by atoms with Crippen LogP contribution in [0.2, 0.25) is 0 Å². The highest BCUT2D eigenvalue weighted by atomic mass is 32.1. The molecule has 4 aromatic heterocycles. The third kappa shape index (κ3) is 4.60. The second-order valence-corrected chi connectivity index (χ2v) is 9.36. The molecule has 0 unspecified atom stereocenters. The molecule has 1 atom stereocenters. The van der Waals surface area contributed by atoms with E-state index in [9.17, 15) is 4.79 Å². The van der Waals surface area contributed by atoms with Crippen LogP contribution in [0.5, 0.6) is 0 Å². The predicted molar refractivity (Wildman–Crippen MR) is 128 cm³/mol. The maximum atomic E-state index is 13.2. The normalized spacial score (nSPS) is 12.1. The Hall–Kier alpha value is -2.84. The number of aromatic nitrogens is 3. The van der Waals surface area contributed by atoms with E-state index in [2.05, 4.69) is 44.7 Å². The van der Waals surface area contributed by atoms with Gasteiger partial charge in [-0.15, -0.1) is 22.7 Å². The maximum Gasteiger partial charge on any atom is 0.264 e. The highest BCUT2D eigenvalue weighted by Crippen LogP contribution is 2.36. The van der Waals surface area contributed by atoms with E-state index in [1.54, 1.807) is 28.8 Å². The van der Waals surface area contributed by atoms with E-state index < -0.39 is 0 Å². The van der Waals surface area contributed by atoms with Crippen molar-refractivity contribution in [3.05, 3.63) is 69.2 Å². The lowest BCUT2D eigenvalue weighted by atomic mass is 10.1. The molecule has 4 aromatic rings. The van der Waals surface area contributed by atoms with Gasteiger partial charge in [-0.05, 0) is 42.5 Å². The van der Waals surface area contributed by atoms with Gasteiger partial charge in [0.15, 0.2) is 0 Å². The van der Waals surface area contributed by atoms with Crippen molar-refractivity contribution in [3.63, 3.8) is 0 Å². The summed E-state index contributed by atoms with van der Waals surface area (Å²) in [6.45, 7) is 4.75. The molecule has 1 N–H and O–H groups in total. The molecule has 0 spiro atoms. The van der Waals surface area contributed by atoms with Gasteiger partial charge in [0.2, 0.25) is 0 Å². The number of likely N-dealkylation sites (N-methyl/N-ethyl adjacent to an activating group) is 1. The molecular weight excluding hydrogens is 426 g/mol. The van der Waals surface area contributed by atoms with Gasteiger partial charge in [-0.3, -0.25) is 9.78 Å². The fourth-order valence-corrected chi connectivity index (χ4v) is 5.52. The summed E-state index contributed by atoms with van der Waals surface area (Å²) in [5.41, 5.74) is 1.91. The first-order chi connectivity index (χ1) is 15.1. The number of pyridine rings is 1. The van der Waals surface area contributed by atoms with Crippen LogP contribution in [0.25, 0.3) is 10.2 Å². The maximum absolute atomic E-state index is 13.2. The highest BCUT2D eigenvalue weighted by Gasteiger charge is 2.23. The average Bonchev–Trinajstić information content (AvgIpc) is 3.45. The molecule has 1 amide bonds. The van der Waals surface area contributed by atoms with Gasteiger partial charge in [0.25, 0.3) is 5.91 Å². The number of thiophene rings is 2. The average molecular weight is 452 g/mol. The van der Waals surface area contributed by atoms with Crippen molar-refractivity contribution in [2.24, 2.45) is 0 Å². The lowest BCUT2D eigenvalue weighted by Crippen LogP contribution is -2.28. The Labute approximate surface area is 190 Å². The lowest BCUT2D eigenvalue weighted by molar-refractivity contribution is 0.0800. The van der Waals surface area contributed by atoms with E-state index in [0.717, 1.165) is 40.1 Å². The van der Waals surface area contributed by atoms with Crippen molar-refractivity contribution >= 4 is 44.6 Å². The summed E-state index contributed by atoms with van der Waals surface area (Å²) in [6.07, 6.45) is 5.01. The molecule has 0 aromatic carbocycles. The van der Waals surface area contributed by atoms with E-state index in [4.69, 9.17) is 0 Å². The first kappa shape index (κ1) is 21.4.